The minimum Gasteiger partial charge on any atom is -0.444 e. The lowest BCUT2D eigenvalue weighted by Crippen LogP contribution is -2.42. The van der Waals surface area contributed by atoms with Gasteiger partial charge in [-0.1, -0.05) is 23.8 Å². The lowest BCUT2D eigenvalue weighted by Gasteiger charge is -2.32. The van der Waals surface area contributed by atoms with Crippen molar-refractivity contribution in [1.29, 1.82) is 0 Å². The fraction of sp³-hybridized carbons (Fsp3) is 0.417. The summed E-state index contributed by atoms with van der Waals surface area (Å²) in [5.41, 5.74) is 3.07. The maximum absolute atomic E-state index is 5.64. The first-order valence-corrected chi connectivity index (χ1v) is 11.8. The number of piperidine rings is 1. The van der Waals surface area contributed by atoms with E-state index in [1.807, 2.05) is 23.5 Å². The summed E-state index contributed by atoms with van der Waals surface area (Å²) in [5, 5.41) is 8.98. The van der Waals surface area contributed by atoms with Crippen molar-refractivity contribution in [2.75, 3.05) is 26.7 Å². The first kappa shape index (κ1) is 21.6. The molecule has 0 atom stereocenters. The molecule has 0 unspecified atom stereocenters. The van der Waals surface area contributed by atoms with Crippen molar-refractivity contribution in [3.63, 3.8) is 0 Å². The number of benzene rings is 1. The van der Waals surface area contributed by atoms with E-state index in [0.717, 1.165) is 43.4 Å². The molecule has 1 fully saturated rings. The van der Waals surface area contributed by atoms with Crippen LogP contribution in [-0.4, -0.2) is 42.5 Å². The standard InChI is InChI=1S/C24H31N5OS/c1-18-5-7-20(8-6-18)23-28-21(17-30-23)15-27-24(25-2)26-14-19-9-11-29(12-10-19)16-22-4-3-13-31-22/h3-8,13,17,19H,9-12,14-16H2,1-2H3,(H2,25,26,27). The van der Waals surface area contributed by atoms with Crippen molar-refractivity contribution < 1.29 is 4.42 Å². The lowest BCUT2D eigenvalue weighted by atomic mass is 9.97. The number of rotatable bonds is 7. The molecule has 3 heterocycles. The number of aromatic nitrogens is 1. The highest BCUT2D eigenvalue weighted by Gasteiger charge is 2.19. The molecular weight excluding hydrogens is 406 g/mol. The van der Waals surface area contributed by atoms with E-state index in [9.17, 15) is 0 Å². The molecule has 1 aromatic carbocycles. The maximum Gasteiger partial charge on any atom is 0.226 e. The van der Waals surface area contributed by atoms with Crippen molar-refractivity contribution in [3.8, 4) is 11.5 Å². The SMILES string of the molecule is CN=C(NCc1coc(-c2ccc(C)cc2)n1)NCC1CCN(Cc2cccs2)CC1. The van der Waals surface area contributed by atoms with Crippen LogP contribution >= 0.6 is 11.3 Å². The molecule has 2 N–H and O–H groups in total. The number of thiophene rings is 1. The van der Waals surface area contributed by atoms with Crippen LogP contribution in [0.15, 0.2) is 57.5 Å². The average Bonchev–Trinajstić information content (AvgIpc) is 3.48. The molecular formula is C24H31N5OS. The van der Waals surface area contributed by atoms with Crippen LogP contribution in [0.25, 0.3) is 11.5 Å². The highest BCUT2D eigenvalue weighted by atomic mass is 32.1. The Bertz CT molecular complexity index is 956. The van der Waals surface area contributed by atoms with Gasteiger partial charge in [-0.3, -0.25) is 9.89 Å². The van der Waals surface area contributed by atoms with E-state index >= 15 is 0 Å². The third-order valence-corrected chi connectivity index (χ3v) is 6.60. The molecule has 0 amide bonds. The van der Waals surface area contributed by atoms with Gasteiger partial charge < -0.3 is 15.1 Å². The molecule has 6 nitrogen and oxygen atoms in total. The molecule has 0 aliphatic carbocycles. The Morgan fingerprint density at radius 3 is 2.71 bits per heavy atom. The quantitative estimate of drug-likeness (QED) is 0.426. The van der Waals surface area contributed by atoms with Crippen LogP contribution in [0.3, 0.4) is 0 Å². The smallest absolute Gasteiger partial charge is 0.226 e. The van der Waals surface area contributed by atoms with Gasteiger partial charge >= 0.3 is 0 Å². The minimum atomic E-state index is 0.578. The van der Waals surface area contributed by atoms with Crippen LogP contribution in [0.4, 0.5) is 0 Å². The Balaban J connectivity index is 1.19. The zero-order chi connectivity index (χ0) is 21.5. The van der Waals surface area contributed by atoms with Crippen LogP contribution in [-0.2, 0) is 13.1 Å². The molecule has 1 aliphatic rings. The highest BCUT2D eigenvalue weighted by Crippen LogP contribution is 2.21. The molecule has 2 aromatic heterocycles. The molecule has 4 rings (SSSR count). The molecule has 164 valence electrons. The fourth-order valence-electron chi connectivity index (χ4n) is 3.82. The van der Waals surface area contributed by atoms with Gasteiger partial charge in [-0.2, -0.15) is 0 Å². The van der Waals surface area contributed by atoms with Gasteiger partial charge in [0.05, 0.1) is 12.2 Å². The zero-order valence-electron chi connectivity index (χ0n) is 18.3. The van der Waals surface area contributed by atoms with Crippen molar-refractivity contribution in [2.24, 2.45) is 10.9 Å². The van der Waals surface area contributed by atoms with Gasteiger partial charge in [0.25, 0.3) is 0 Å². The predicted molar refractivity (Wildman–Crippen MR) is 127 cm³/mol. The molecule has 7 heteroatoms. The van der Waals surface area contributed by atoms with E-state index < -0.39 is 0 Å². The van der Waals surface area contributed by atoms with Crippen LogP contribution in [0, 0.1) is 12.8 Å². The summed E-state index contributed by atoms with van der Waals surface area (Å²) in [6.07, 6.45) is 4.15. The van der Waals surface area contributed by atoms with E-state index in [2.05, 4.69) is 62.1 Å². The second-order valence-electron chi connectivity index (χ2n) is 8.12. The molecule has 0 radical (unpaired) electrons. The molecule has 3 aromatic rings. The fourth-order valence-corrected chi connectivity index (χ4v) is 4.57. The first-order valence-electron chi connectivity index (χ1n) is 10.9. The zero-order valence-corrected chi connectivity index (χ0v) is 19.1. The van der Waals surface area contributed by atoms with Gasteiger partial charge in [0, 0.05) is 30.6 Å². The van der Waals surface area contributed by atoms with E-state index in [-0.39, 0.29) is 0 Å². The Hall–Kier alpha value is -2.64. The summed E-state index contributed by atoms with van der Waals surface area (Å²) >= 11 is 1.85. The van der Waals surface area contributed by atoms with Gasteiger partial charge in [0.15, 0.2) is 5.96 Å². The monoisotopic (exact) mass is 437 g/mol. The Morgan fingerprint density at radius 2 is 2.00 bits per heavy atom. The summed E-state index contributed by atoms with van der Waals surface area (Å²) < 4.78 is 5.64. The largest absolute Gasteiger partial charge is 0.444 e. The third-order valence-electron chi connectivity index (χ3n) is 5.74. The molecule has 31 heavy (non-hydrogen) atoms. The van der Waals surface area contributed by atoms with Gasteiger partial charge in [-0.25, -0.2) is 4.98 Å². The summed E-state index contributed by atoms with van der Waals surface area (Å²) in [6.45, 7) is 7.01. The first-order chi connectivity index (χ1) is 15.2. The van der Waals surface area contributed by atoms with Crippen LogP contribution in [0.2, 0.25) is 0 Å². The highest BCUT2D eigenvalue weighted by molar-refractivity contribution is 7.09. The normalized spacial score (nSPS) is 15.9. The molecule has 0 bridgehead atoms. The second-order valence-corrected chi connectivity index (χ2v) is 9.15. The van der Waals surface area contributed by atoms with Crippen molar-refractivity contribution in [2.45, 2.75) is 32.9 Å². The number of guanidine groups is 1. The third kappa shape index (κ3) is 6.18. The van der Waals surface area contributed by atoms with Crippen molar-refractivity contribution >= 4 is 17.3 Å². The summed E-state index contributed by atoms with van der Waals surface area (Å²) in [6, 6.07) is 12.6. The maximum atomic E-state index is 5.64. The van der Waals surface area contributed by atoms with Crippen molar-refractivity contribution in [3.05, 3.63) is 64.2 Å². The number of nitrogens with zero attached hydrogens (tertiary/aromatic N) is 3. The summed E-state index contributed by atoms with van der Waals surface area (Å²) in [4.78, 5) is 13.0. The van der Waals surface area contributed by atoms with Crippen LogP contribution < -0.4 is 10.6 Å². The van der Waals surface area contributed by atoms with E-state index in [1.165, 1.54) is 23.3 Å². The number of aryl methyl sites for hydroxylation is 1. The lowest BCUT2D eigenvalue weighted by molar-refractivity contribution is 0.179. The van der Waals surface area contributed by atoms with Crippen LogP contribution in [0.5, 0.6) is 0 Å². The van der Waals surface area contributed by atoms with E-state index in [4.69, 9.17) is 4.42 Å². The molecule has 1 saturated heterocycles. The van der Waals surface area contributed by atoms with Gasteiger partial charge in [0.2, 0.25) is 5.89 Å². The predicted octanol–water partition coefficient (Wildman–Crippen LogP) is 4.29. The summed E-state index contributed by atoms with van der Waals surface area (Å²) in [7, 11) is 1.81. The van der Waals surface area contributed by atoms with E-state index in [1.54, 1.807) is 13.3 Å². The van der Waals surface area contributed by atoms with Gasteiger partial charge in [0.1, 0.15) is 6.26 Å². The topological polar surface area (TPSA) is 65.7 Å². The number of hydrogen-bond acceptors (Lipinski definition) is 5. The van der Waals surface area contributed by atoms with Gasteiger partial charge in [-0.15, -0.1) is 11.3 Å². The number of nitrogens with one attached hydrogen (secondary N) is 2. The summed E-state index contributed by atoms with van der Waals surface area (Å²) in [5.74, 6) is 2.13. The van der Waals surface area contributed by atoms with E-state index in [0.29, 0.717) is 18.4 Å². The average molecular weight is 438 g/mol. The van der Waals surface area contributed by atoms with Gasteiger partial charge in [-0.05, 0) is 62.4 Å². The Kier molecular flexibility index (Phi) is 7.38. The number of oxazole rings is 1. The minimum absolute atomic E-state index is 0.578. The molecule has 1 aliphatic heterocycles. The second kappa shape index (κ2) is 10.6. The van der Waals surface area contributed by atoms with Crippen molar-refractivity contribution in [1.82, 2.24) is 20.5 Å². The Labute approximate surface area is 188 Å². The van der Waals surface area contributed by atoms with Crippen LogP contribution in [0.1, 0.15) is 29.0 Å². The molecule has 0 saturated carbocycles. The number of hydrogen-bond donors (Lipinski definition) is 2. The number of likely N-dealkylation sites (tertiary alicyclic amines) is 1. The number of aliphatic imine (C=N–C) groups is 1. The molecule has 0 spiro atoms. The Morgan fingerprint density at radius 1 is 1.19 bits per heavy atom.